The van der Waals surface area contributed by atoms with Crippen LogP contribution in [-0.2, 0) is 0 Å². The van der Waals surface area contributed by atoms with Gasteiger partial charge in [-0.3, -0.25) is 0 Å². The van der Waals surface area contributed by atoms with Crippen LogP contribution in [0.1, 0.15) is 27.8 Å². The fourth-order valence-corrected chi connectivity index (χ4v) is 2.26. The lowest BCUT2D eigenvalue weighted by molar-refractivity contribution is 0.477. The summed E-state index contributed by atoms with van der Waals surface area (Å²) in [6, 6.07) is 10.4. The maximum atomic E-state index is 6.02. The molecule has 0 N–H and O–H groups in total. The summed E-state index contributed by atoms with van der Waals surface area (Å²) in [5.74, 6) is 1.81. The second kappa shape index (κ2) is 5.31. The first-order valence-corrected chi connectivity index (χ1v) is 6.50. The maximum absolute atomic E-state index is 6.02. The van der Waals surface area contributed by atoms with E-state index in [4.69, 9.17) is 4.74 Å². The summed E-state index contributed by atoms with van der Waals surface area (Å²) in [6.07, 6.45) is 1.90. The second-order valence-electron chi connectivity index (χ2n) is 5.05. The van der Waals surface area contributed by atoms with Crippen molar-refractivity contribution in [2.75, 3.05) is 0 Å². The Kier molecular flexibility index (Phi) is 3.75. The molecule has 0 atom stereocenters. The molecule has 0 bridgehead atoms. The summed E-state index contributed by atoms with van der Waals surface area (Å²) in [6.45, 7) is 12.2. The number of ether oxygens (including phenoxy) is 1. The van der Waals surface area contributed by atoms with Crippen molar-refractivity contribution in [3.05, 3.63) is 64.7 Å². The van der Waals surface area contributed by atoms with Gasteiger partial charge in [0.1, 0.15) is 11.5 Å². The highest BCUT2D eigenvalue weighted by Gasteiger charge is 2.06. The minimum absolute atomic E-state index is 0.884. The summed E-state index contributed by atoms with van der Waals surface area (Å²) in [7, 11) is 0. The van der Waals surface area contributed by atoms with E-state index < -0.39 is 0 Å². The van der Waals surface area contributed by atoms with Gasteiger partial charge in [0, 0.05) is 0 Å². The molecule has 0 radical (unpaired) electrons. The van der Waals surface area contributed by atoms with Crippen molar-refractivity contribution >= 4 is 6.08 Å². The van der Waals surface area contributed by atoms with E-state index >= 15 is 0 Å². The monoisotopic (exact) mass is 252 g/mol. The molecule has 1 heteroatoms. The van der Waals surface area contributed by atoms with E-state index in [-0.39, 0.29) is 0 Å². The van der Waals surface area contributed by atoms with E-state index in [9.17, 15) is 0 Å². The molecule has 1 nitrogen and oxygen atoms in total. The van der Waals surface area contributed by atoms with Gasteiger partial charge in [0.05, 0.1) is 0 Å². The van der Waals surface area contributed by atoms with Crippen LogP contribution in [0.4, 0.5) is 0 Å². The standard InChI is InChI=1S/C18H20O/c1-6-17-14(4)10-16(11-15(17)5)19-18-9-12(2)7-8-13(18)3/h6-11H,1H2,2-5H3. The molecular weight excluding hydrogens is 232 g/mol. The van der Waals surface area contributed by atoms with Crippen LogP contribution in [-0.4, -0.2) is 0 Å². The lowest BCUT2D eigenvalue weighted by atomic mass is 10.0. The molecule has 0 heterocycles. The Hall–Kier alpha value is -2.02. The molecule has 2 aromatic carbocycles. The zero-order valence-electron chi connectivity index (χ0n) is 12.1. The average molecular weight is 252 g/mol. The van der Waals surface area contributed by atoms with Crippen LogP contribution in [0.5, 0.6) is 11.5 Å². The molecule has 0 amide bonds. The third-order valence-electron chi connectivity index (χ3n) is 3.34. The Balaban J connectivity index is 2.39. The van der Waals surface area contributed by atoms with Gasteiger partial charge in [0.15, 0.2) is 0 Å². The van der Waals surface area contributed by atoms with Gasteiger partial charge in [-0.1, -0.05) is 24.8 Å². The predicted molar refractivity (Wildman–Crippen MR) is 82.0 cm³/mol. The highest BCUT2D eigenvalue weighted by Crippen LogP contribution is 2.29. The van der Waals surface area contributed by atoms with E-state index in [1.54, 1.807) is 0 Å². The molecule has 0 unspecified atom stereocenters. The summed E-state index contributed by atoms with van der Waals surface area (Å²) in [5.41, 5.74) is 5.92. The van der Waals surface area contributed by atoms with Gasteiger partial charge in [-0.25, -0.2) is 0 Å². The van der Waals surface area contributed by atoms with Crippen LogP contribution < -0.4 is 4.74 Å². The van der Waals surface area contributed by atoms with Crippen molar-refractivity contribution in [3.8, 4) is 11.5 Å². The quantitative estimate of drug-likeness (QED) is 0.715. The van der Waals surface area contributed by atoms with E-state index in [1.165, 1.54) is 22.3 Å². The highest BCUT2D eigenvalue weighted by atomic mass is 16.5. The van der Waals surface area contributed by atoms with Gasteiger partial charge in [-0.2, -0.15) is 0 Å². The largest absolute Gasteiger partial charge is 0.457 e. The minimum atomic E-state index is 0.884. The first kappa shape index (κ1) is 13.4. The van der Waals surface area contributed by atoms with Crippen LogP contribution in [0, 0.1) is 27.7 Å². The maximum Gasteiger partial charge on any atom is 0.130 e. The van der Waals surface area contributed by atoms with E-state index in [0.29, 0.717) is 0 Å². The topological polar surface area (TPSA) is 9.23 Å². The molecule has 2 aromatic rings. The van der Waals surface area contributed by atoms with Crippen LogP contribution in [0.3, 0.4) is 0 Å². The lowest BCUT2D eigenvalue weighted by Gasteiger charge is -2.13. The first-order chi connectivity index (χ1) is 9.01. The van der Waals surface area contributed by atoms with Crippen LogP contribution in [0.25, 0.3) is 6.08 Å². The van der Waals surface area contributed by atoms with E-state index in [1.807, 2.05) is 6.08 Å². The number of hydrogen-bond donors (Lipinski definition) is 0. The van der Waals surface area contributed by atoms with Gasteiger partial charge in [-0.05, 0) is 73.7 Å². The van der Waals surface area contributed by atoms with Gasteiger partial charge < -0.3 is 4.74 Å². The average Bonchev–Trinajstić information content (AvgIpc) is 2.33. The SMILES string of the molecule is C=Cc1c(C)cc(Oc2cc(C)ccc2C)cc1C. The molecule has 19 heavy (non-hydrogen) atoms. The fourth-order valence-electron chi connectivity index (χ4n) is 2.26. The first-order valence-electron chi connectivity index (χ1n) is 6.50. The third kappa shape index (κ3) is 2.87. The van der Waals surface area contributed by atoms with Gasteiger partial charge >= 0.3 is 0 Å². The summed E-state index contributed by atoms with van der Waals surface area (Å²) < 4.78 is 6.02. The molecule has 0 fully saturated rings. The summed E-state index contributed by atoms with van der Waals surface area (Å²) in [4.78, 5) is 0. The molecule has 0 aliphatic rings. The Labute approximate surface area is 115 Å². The Morgan fingerprint density at radius 3 is 2.11 bits per heavy atom. The number of aryl methyl sites for hydroxylation is 4. The highest BCUT2D eigenvalue weighted by molar-refractivity contribution is 5.58. The third-order valence-corrected chi connectivity index (χ3v) is 3.34. The van der Waals surface area contributed by atoms with Crippen molar-refractivity contribution < 1.29 is 4.74 Å². The van der Waals surface area contributed by atoms with Crippen LogP contribution >= 0.6 is 0 Å². The van der Waals surface area contributed by atoms with Crippen molar-refractivity contribution in [3.63, 3.8) is 0 Å². The second-order valence-corrected chi connectivity index (χ2v) is 5.05. The molecule has 0 saturated heterocycles. The van der Waals surface area contributed by atoms with Gasteiger partial charge in [-0.15, -0.1) is 0 Å². The van der Waals surface area contributed by atoms with E-state index in [0.717, 1.165) is 17.1 Å². The van der Waals surface area contributed by atoms with Crippen molar-refractivity contribution in [2.24, 2.45) is 0 Å². The predicted octanol–water partition coefficient (Wildman–Crippen LogP) is 5.36. The minimum Gasteiger partial charge on any atom is -0.457 e. The molecule has 2 rings (SSSR count). The molecule has 0 spiro atoms. The Morgan fingerprint density at radius 1 is 0.895 bits per heavy atom. The normalized spacial score (nSPS) is 10.3. The summed E-state index contributed by atoms with van der Waals surface area (Å²) >= 11 is 0. The Morgan fingerprint density at radius 2 is 1.53 bits per heavy atom. The molecule has 98 valence electrons. The molecule has 0 saturated carbocycles. The number of rotatable bonds is 3. The molecule has 0 aromatic heterocycles. The van der Waals surface area contributed by atoms with E-state index in [2.05, 4.69) is 64.6 Å². The Bertz CT molecular complexity index is 601. The smallest absolute Gasteiger partial charge is 0.130 e. The van der Waals surface area contributed by atoms with Crippen LogP contribution in [0.2, 0.25) is 0 Å². The number of benzene rings is 2. The van der Waals surface area contributed by atoms with Gasteiger partial charge in [0.2, 0.25) is 0 Å². The van der Waals surface area contributed by atoms with Crippen molar-refractivity contribution in [1.29, 1.82) is 0 Å². The lowest BCUT2D eigenvalue weighted by Crippen LogP contribution is -1.92. The zero-order chi connectivity index (χ0) is 14.0. The fraction of sp³-hybridized carbons (Fsp3) is 0.222. The zero-order valence-corrected chi connectivity index (χ0v) is 12.1. The van der Waals surface area contributed by atoms with Gasteiger partial charge in [0.25, 0.3) is 0 Å². The summed E-state index contributed by atoms with van der Waals surface area (Å²) in [5, 5.41) is 0. The molecule has 0 aliphatic carbocycles. The van der Waals surface area contributed by atoms with Crippen molar-refractivity contribution in [2.45, 2.75) is 27.7 Å². The number of hydrogen-bond acceptors (Lipinski definition) is 1. The molecule has 0 aliphatic heterocycles. The van der Waals surface area contributed by atoms with Crippen LogP contribution in [0.15, 0.2) is 36.9 Å². The molecular formula is C18H20O. The van der Waals surface area contributed by atoms with Crippen molar-refractivity contribution in [1.82, 2.24) is 0 Å².